The largest absolute Gasteiger partial charge is 0.494 e. The number of nitrogens with one attached hydrogen (secondary N) is 1. The third-order valence-corrected chi connectivity index (χ3v) is 3.76. The molecule has 104 valence electrons. The molecule has 1 aromatic carbocycles. The molecule has 20 heavy (non-hydrogen) atoms. The van der Waals surface area contributed by atoms with Crippen LogP contribution in [0.5, 0.6) is 5.75 Å². The van der Waals surface area contributed by atoms with Crippen LogP contribution in [0.25, 0.3) is 0 Å². The van der Waals surface area contributed by atoms with Gasteiger partial charge >= 0.3 is 0 Å². The summed E-state index contributed by atoms with van der Waals surface area (Å²) >= 11 is 1.48. The van der Waals surface area contributed by atoms with Crippen LogP contribution in [-0.2, 0) is 13.2 Å². The Bertz CT molecular complexity index is 617. The molecule has 2 rings (SSSR count). The first-order chi connectivity index (χ1) is 9.76. The molecule has 0 aliphatic rings. The smallest absolute Gasteiger partial charge is 0.124 e. The summed E-state index contributed by atoms with van der Waals surface area (Å²) < 4.78 is 5.44. The lowest BCUT2D eigenvalue weighted by molar-refractivity contribution is 0.267. The second kappa shape index (κ2) is 6.94. The Labute approximate surface area is 122 Å². The number of aliphatic hydroxyl groups excluding tert-OH is 1. The van der Waals surface area contributed by atoms with Gasteiger partial charge in [-0.2, -0.15) is 5.26 Å². The van der Waals surface area contributed by atoms with Gasteiger partial charge in [0.2, 0.25) is 0 Å². The summed E-state index contributed by atoms with van der Waals surface area (Å²) in [6, 6.07) is 11.5. The summed E-state index contributed by atoms with van der Waals surface area (Å²) in [6.45, 7) is 3.09. The Hall–Kier alpha value is -2.03. The number of benzene rings is 1. The minimum atomic E-state index is -0.0531. The molecule has 0 unspecified atom stereocenters. The molecule has 1 aromatic heterocycles. The molecule has 0 radical (unpaired) electrons. The van der Waals surface area contributed by atoms with Crippen LogP contribution in [0, 0.1) is 11.3 Å². The molecule has 2 N–H and O–H groups in total. The molecule has 5 heteroatoms. The molecule has 0 saturated heterocycles. The van der Waals surface area contributed by atoms with Crippen molar-refractivity contribution in [3.63, 3.8) is 0 Å². The fourth-order valence-electron chi connectivity index (χ4n) is 1.83. The fourth-order valence-corrected chi connectivity index (χ4v) is 2.58. The highest BCUT2D eigenvalue weighted by atomic mass is 32.1. The van der Waals surface area contributed by atoms with Crippen LogP contribution >= 0.6 is 11.3 Å². The van der Waals surface area contributed by atoms with E-state index in [0.717, 1.165) is 16.1 Å². The van der Waals surface area contributed by atoms with E-state index < -0.39 is 0 Å². The Kier molecular flexibility index (Phi) is 4.99. The highest BCUT2D eigenvalue weighted by Gasteiger charge is 2.05. The quantitative estimate of drug-likeness (QED) is 0.857. The van der Waals surface area contributed by atoms with Crippen LogP contribution in [0.15, 0.2) is 30.3 Å². The molecule has 2 aromatic rings. The number of hydrogen-bond acceptors (Lipinski definition) is 5. The van der Waals surface area contributed by atoms with E-state index in [1.807, 2.05) is 37.3 Å². The number of nitrogens with zero attached hydrogens (tertiary/aromatic N) is 1. The van der Waals surface area contributed by atoms with Gasteiger partial charge in [-0.05, 0) is 37.3 Å². The first-order valence-electron chi connectivity index (χ1n) is 6.36. The second-order valence-electron chi connectivity index (χ2n) is 4.14. The van der Waals surface area contributed by atoms with E-state index in [1.54, 1.807) is 0 Å². The maximum atomic E-state index is 9.35. The lowest BCUT2D eigenvalue weighted by Gasteiger charge is -2.11. The zero-order valence-electron chi connectivity index (χ0n) is 11.2. The summed E-state index contributed by atoms with van der Waals surface area (Å²) in [5.74, 6) is 0.712. The molecule has 4 nitrogen and oxygen atoms in total. The summed E-state index contributed by atoms with van der Waals surface area (Å²) in [5, 5.41) is 21.4. The van der Waals surface area contributed by atoms with Crippen LogP contribution in [-0.4, -0.2) is 11.7 Å². The van der Waals surface area contributed by atoms with Gasteiger partial charge in [-0.1, -0.05) is 0 Å². The minimum absolute atomic E-state index is 0.0531. The number of nitriles is 1. The maximum Gasteiger partial charge on any atom is 0.124 e. The topological polar surface area (TPSA) is 65.3 Å². The SMILES string of the molecule is CCOc1ccc(NCc2ccc(C#N)s2)cc1CO. The first-order valence-corrected chi connectivity index (χ1v) is 7.17. The van der Waals surface area contributed by atoms with Crippen molar-refractivity contribution >= 4 is 17.0 Å². The number of rotatable bonds is 6. The standard InChI is InChI=1S/C15H16N2O2S/c1-2-19-15-6-3-12(7-11(15)10-18)17-9-14-5-4-13(8-16)20-14/h3-7,17-18H,2,9-10H2,1H3. The van der Waals surface area contributed by atoms with Crippen LogP contribution in [0.4, 0.5) is 5.69 Å². The number of thiophene rings is 1. The van der Waals surface area contributed by atoms with E-state index in [2.05, 4.69) is 11.4 Å². The van der Waals surface area contributed by atoms with Crippen LogP contribution in [0.1, 0.15) is 22.2 Å². The Morgan fingerprint density at radius 3 is 2.85 bits per heavy atom. The van der Waals surface area contributed by atoms with Gasteiger partial charge in [-0.3, -0.25) is 0 Å². The predicted molar refractivity (Wildman–Crippen MR) is 79.9 cm³/mol. The van der Waals surface area contributed by atoms with E-state index >= 15 is 0 Å². The van der Waals surface area contributed by atoms with Gasteiger partial charge in [0.1, 0.15) is 16.7 Å². The summed E-state index contributed by atoms with van der Waals surface area (Å²) in [7, 11) is 0. The van der Waals surface area contributed by atoms with Gasteiger partial charge in [0.05, 0.1) is 13.2 Å². The molecule has 0 aliphatic heterocycles. The van der Waals surface area contributed by atoms with Gasteiger partial charge in [0, 0.05) is 22.7 Å². The Morgan fingerprint density at radius 2 is 2.20 bits per heavy atom. The van der Waals surface area contributed by atoms with E-state index in [1.165, 1.54) is 11.3 Å². The Balaban J connectivity index is 2.04. The maximum absolute atomic E-state index is 9.35. The lowest BCUT2D eigenvalue weighted by atomic mass is 10.2. The van der Waals surface area contributed by atoms with E-state index in [4.69, 9.17) is 10.00 Å². The van der Waals surface area contributed by atoms with Gasteiger partial charge in [-0.15, -0.1) is 11.3 Å². The van der Waals surface area contributed by atoms with Crippen LogP contribution in [0.2, 0.25) is 0 Å². The number of aliphatic hydroxyl groups is 1. The van der Waals surface area contributed by atoms with Crippen molar-refractivity contribution in [1.29, 1.82) is 5.26 Å². The summed E-state index contributed by atoms with van der Waals surface area (Å²) in [6.07, 6.45) is 0. The fraction of sp³-hybridized carbons (Fsp3) is 0.267. The highest BCUT2D eigenvalue weighted by molar-refractivity contribution is 7.12. The van der Waals surface area contributed by atoms with E-state index in [-0.39, 0.29) is 6.61 Å². The molecule has 0 bridgehead atoms. The predicted octanol–water partition coefficient (Wildman–Crippen LogP) is 3.12. The molecule has 0 fully saturated rings. The van der Waals surface area contributed by atoms with Crippen molar-refractivity contribution in [2.45, 2.75) is 20.1 Å². The third kappa shape index (κ3) is 3.50. The first kappa shape index (κ1) is 14.4. The average Bonchev–Trinajstić information content (AvgIpc) is 2.94. The number of anilines is 1. The lowest BCUT2D eigenvalue weighted by Crippen LogP contribution is -2.01. The third-order valence-electron chi connectivity index (χ3n) is 2.77. The molecule has 0 saturated carbocycles. The molecular weight excluding hydrogens is 272 g/mol. The number of hydrogen-bond donors (Lipinski definition) is 2. The zero-order chi connectivity index (χ0) is 14.4. The zero-order valence-corrected chi connectivity index (χ0v) is 12.0. The van der Waals surface area contributed by atoms with Crippen molar-refractivity contribution < 1.29 is 9.84 Å². The second-order valence-corrected chi connectivity index (χ2v) is 5.31. The van der Waals surface area contributed by atoms with Gasteiger partial charge in [0.15, 0.2) is 0 Å². The minimum Gasteiger partial charge on any atom is -0.494 e. The number of ether oxygens (including phenoxy) is 1. The average molecular weight is 288 g/mol. The van der Waals surface area contributed by atoms with E-state index in [0.29, 0.717) is 23.8 Å². The molecule has 0 aliphatic carbocycles. The van der Waals surface area contributed by atoms with Crippen molar-refractivity contribution in [3.8, 4) is 11.8 Å². The highest BCUT2D eigenvalue weighted by Crippen LogP contribution is 2.24. The van der Waals surface area contributed by atoms with Crippen molar-refractivity contribution in [3.05, 3.63) is 45.6 Å². The van der Waals surface area contributed by atoms with Crippen LogP contribution in [0.3, 0.4) is 0 Å². The van der Waals surface area contributed by atoms with E-state index in [9.17, 15) is 5.11 Å². The normalized spacial score (nSPS) is 10.1. The monoisotopic (exact) mass is 288 g/mol. The summed E-state index contributed by atoms with van der Waals surface area (Å²) in [5.41, 5.74) is 1.69. The molecule has 0 atom stereocenters. The van der Waals surface area contributed by atoms with Gasteiger partial charge < -0.3 is 15.2 Å². The van der Waals surface area contributed by atoms with Gasteiger partial charge in [-0.25, -0.2) is 0 Å². The molecule has 0 amide bonds. The van der Waals surface area contributed by atoms with Crippen molar-refractivity contribution in [2.24, 2.45) is 0 Å². The molecule has 1 heterocycles. The van der Waals surface area contributed by atoms with Crippen molar-refractivity contribution in [1.82, 2.24) is 0 Å². The molecule has 0 spiro atoms. The van der Waals surface area contributed by atoms with Crippen LogP contribution < -0.4 is 10.1 Å². The Morgan fingerprint density at radius 1 is 1.35 bits per heavy atom. The molecular formula is C15H16N2O2S. The van der Waals surface area contributed by atoms with Crippen molar-refractivity contribution in [2.75, 3.05) is 11.9 Å². The van der Waals surface area contributed by atoms with Gasteiger partial charge in [0.25, 0.3) is 0 Å². The summed E-state index contributed by atoms with van der Waals surface area (Å²) in [4.78, 5) is 1.81.